The average molecular weight is 206 g/mol. The monoisotopic (exact) mass is 206 g/mol. The molecule has 0 amide bonds. The third-order valence-electron chi connectivity index (χ3n) is 2.27. The van der Waals surface area contributed by atoms with Crippen LogP contribution < -0.4 is 0 Å². The third kappa shape index (κ3) is 1.76. The Balaban J connectivity index is 1.97. The summed E-state index contributed by atoms with van der Waals surface area (Å²) in [4.78, 5) is 0. The van der Waals surface area contributed by atoms with Crippen LogP contribution in [0.25, 0.3) is 0 Å². The van der Waals surface area contributed by atoms with Crippen molar-refractivity contribution in [2.45, 2.75) is 19.6 Å². The van der Waals surface area contributed by atoms with Crippen LogP contribution in [-0.2, 0) is 9.47 Å². The second-order valence-corrected chi connectivity index (χ2v) is 6.46. The molecule has 1 spiro atoms. The molecule has 0 radical (unpaired) electrons. The lowest BCUT2D eigenvalue weighted by atomic mass is 9.94. The van der Waals surface area contributed by atoms with Gasteiger partial charge in [-0.25, -0.2) is 0 Å². The lowest BCUT2D eigenvalue weighted by molar-refractivity contribution is -0.277. The maximum atomic E-state index is 5.65. The molecule has 2 aliphatic rings. The molecular weight excluding hydrogens is 192 g/mol. The van der Waals surface area contributed by atoms with Gasteiger partial charge in [0.15, 0.2) is 5.79 Å². The fraction of sp³-hybridized carbons (Fsp3) is 1.00. The van der Waals surface area contributed by atoms with Crippen molar-refractivity contribution in [3.8, 4) is 0 Å². The summed E-state index contributed by atoms with van der Waals surface area (Å²) in [6.07, 6.45) is 0. The highest BCUT2D eigenvalue weighted by Crippen LogP contribution is 2.46. The second kappa shape index (κ2) is 3.08. The van der Waals surface area contributed by atoms with Gasteiger partial charge in [0.25, 0.3) is 0 Å². The van der Waals surface area contributed by atoms with Crippen molar-refractivity contribution in [2.24, 2.45) is 5.41 Å². The van der Waals surface area contributed by atoms with Crippen LogP contribution in [0.4, 0.5) is 0 Å². The molecule has 4 heteroatoms. The standard InChI is InChI=1S/C8H14O2S2/c1-7(2)9-3-8(4-10-7)5-11-12-6-8/h3-6H2,1-2H3. The molecule has 0 atom stereocenters. The van der Waals surface area contributed by atoms with Gasteiger partial charge in [-0.1, -0.05) is 21.6 Å². The van der Waals surface area contributed by atoms with E-state index in [0.29, 0.717) is 5.41 Å². The number of hydrogen-bond acceptors (Lipinski definition) is 4. The summed E-state index contributed by atoms with van der Waals surface area (Å²) in [6.45, 7) is 5.68. The van der Waals surface area contributed by atoms with E-state index in [1.165, 1.54) is 11.5 Å². The smallest absolute Gasteiger partial charge is 0.162 e. The molecule has 0 aromatic heterocycles. The molecule has 0 N–H and O–H groups in total. The Bertz CT molecular complexity index is 164. The molecule has 0 bridgehead atoms. The summed E-state index contributed by atoms with van der Waals surface area (Å²) >= 11 is 0. The van der Waals surface area contributed by atoms with E-state index in [1.54, 1.807) is 0 Å². The topological polar surface area (TPSA) is 18.5 Å². The maximum Gasteiger partial charge on any atom is 0.162 e. The first kappa shape index (κ1) is 9.19. The molecule has 0 aromatic rings. The Hall–Kier alpha value is 0.620. The third-order valence-corrected chi connectivity index (χ3v) is 5.10. The first-order valence-corrected chi connectivity index (χ1v) is 6.63. The lowest BCUT2D eigenvalue weighted by Gasteiger charge is -2.40. The Morgan fingerprint density at radius 3 is 2.00 bits per heavy atom. The van der Waals surface area contributed by atoms with Crippen molar-refractivity contribution in [1.29, 1.82) is 0 Å². The molecule has 2 rings (SSSR count). The van der Waals surface area contributed by atoms with Gasteiger partial charge in [-0.2, -0.15) is 0 Å². The average Bonchev–Trinajstić information content (AvgIpc) is 2.46. The van der Waals surface area contributed by atoms with E-state index in [9.17, 15) is 0 Å². The van der Waals surface area contributed by atoms with Gasteiger partial charge < -0.3 is 9.47 Å². The first-order chi connectivity index (χ1) is 5.62. The van der Waals surface area contributed by atoms with Crippen LogP contribution in [0.2, 0.25) is 0 Å². The Morgan fingerprint density at radius 1 is 1.00 bits per heavy atom. The summed E-state index contributed by atoms with van der Waals surface area (Å²) in [5, 5.41) is 0. The van der Waals surface area contributed by atoms with E-state index in [2.05, 4.69) is 0 Å². The SMILES string of the molecule is CC1(C)OCC2(CO1)CSSC2. The van der Waals surface area contributed by atoms with Crippen LogP contribution in [0, 0.1) is 5.41 Å². The van der Waals surface area contributed by atoms with Crippen molar-refractivity contribution < 1.29 is 9.47 Å². The maximum absolute atomic E-state index is 5.65. The van der Waals surface area contributed by atoms with Crippen molar-refractivity contribution >= 4 is 21.6 Å². The zero-order valence-electron chi connectivity index (χ0n) is 7.46. The van der Waals surface area contributed by atoms with Crippen molar-refractivity contribution in [3.63, 3.8) is 0 Å². The summed E-state index contributed by atoms with van der Waals surface area (Å²) in [7, 11) is 3.87. The minimum absolute atomic E-state index is 0.310. The Morgan fingerprint density at radius 2 is 1.50 bits per heavy atom. The molecule has 2 aliphatic heterocycles. The highest BCUT2D eigenvalue weighted by molar-refractivity contribution is 8.77. The number of hydrogen-bond donors (Lipinski definition) is 0. The van der Waals surface area contributed by atoms with E-state index in [-0.39, 0.29) is 5.79 Å². The largest absolute Gasteiger partial charge is 0.350 e. The fourth-order valence-electron chi connectivity index (χ4n) is 1.28. The van der Waals surface area contributed by atoms with E-state index in [0.717, 1.165) is 13.2 Å². The number of rotatable bonds is 0. The summed E-state index contributed by atoms with van der Waals surface area (Å²) in [5.41, 5.74) is 0.310. The summed E-state index contributed by atoms with van der Waals surface area (Å²) in [5.74, 6) is 1.99. The van der Waals surface area contributed by atoms with Crippen LogP contribution in [0.1, 0.15) is 13.8 Å². The molecular formula is C8H14O2S2. The van der Waals surface area contributed by atoms with Crippen LogP contribution in [-0.4, -0.2) is 30.5 Å². The molecule has 2 heterocycles. The Kier molecular flexibility index (Phi) is 2.36. The van der Waals surface area contributed by atoms with Crippen molar-refractivity contribution in [3.05, 3.63) is 0 Å². The van der Waals surface area contributed by atoms with E-state index >= 15 is 0 Å². The fourth-order valence-corrected chi connectivity index (χ4v) is 4.61. The van der Waals surface area contributed by atoms with Crippen LogP contribution >= 0.6 is 21.6 Å². The first-order valence-electron chi connectivity index (χ1n) is 4.14. The summed E-state index contributed by atoms with van der Waals surface area (Å²) < 4.78 is 11.3. The van der Waals surface area contributed by atoms with E-state index < -0.39 is 0 Å². The highest BCUT2D eigenvalue weighted by Gasteiger charge is 2.42. The zero-order valence-corrected chi connectivity index (χ0v) is 9.09. The quantitative estimate of drug-likeness (QED) is 0.565. The van der Waals surface area contributed by atoms with Gasteiger partial charge in [0, 0.05) is 16.9 Å². The lowest BCUT2D eigenvalue weighted by Crippen LogP contribution is -2.47. The van der Waals surface area contributed by atoms with Crippen molar-refractivity contribution in [2.75, 3.05) is 24.7 Å². The number of ether oxygens (including phenoxy) is 2. The minimum atomic E-state index is -0.358. The van der Waals surface area contributed by atoms with Gasteiger partial charge in [0.2, 0.25) is 0 Å². The molecule has 0 aliphatic carbocycles. The molecule has 0 aromatic carbocycles. The van der Waals surface area contributed by atoms with Gasteiger partial charge in [-0.3, -0.25) is 0 Å². The summed E-state index contributed by atoms with van der Waals surface area (Å²) in [6, 6.07) is 0. The zero-order chi connectivity index (χ0) is 8.66. The van der Waals surface area contributed by atoms with Gasteiger partial charge in [0.05, 0.1) is 13.2 Å². The van der Waals surface area contributed by atoms with Crippen LogP contribution in [0.15, 0.2) is 0 Å². The molecule has 2 saturated heterocycles. The van der Waals surface area contributed by atoms with Crippen molar-refractivity contribution in [1.82, 2.24) is 0 Å². The predicted molar refractivity (Wildman–Crippen MR) is 53.3 cm³/mol. The van der Waals surface area contributed by atoms with Gasteiger partial charge >= 0.3 is 0 Å². The molecule has 12 heavy (non-hydrogen) atoms. The minimum Gasteiger partial charge on any atom is -0.350 e. The predicted octanol–water partition coefficient (Wildman–Crippen LogP) is 2.15. The Labute approximate surface area is 81.2 Å². The molecule has 0 saturated carbocycles. The van der Waals surface area contributed by atoms with Gasteiger partial charge in [-0.05, 0) is 13.8 Å². The normalized spacial score (nSPS) is 32.5. The van der Waals surface area contributed by atoms with Crippen LogP contribution in [0.3, 0.4) is 0 Å². The molecule has 2 fully saturated rings. The van der Waals surface area contributed by atoms with Gasteiger partial charge in [-0.15, -0.1) is 0 Å². The molecule has 0 unspecified atom stereocenters. The molecule has 2 nitrogen and oxygen atoms in total. The molecule has 70 valence electrons. The van der Waals surface area contributed by atoms with Gasteiger partial charge in [0.1, 0.15) is 0 Å². The highest BCUT2D eigenvalue weighted by atomic mass is 33.1. The second-order valence-electron chi connectivity index (χ2n) is 4.00. The van der Waals surface area contributed by atoms with E-state index in [1.807, 2.05) is 35.4 Å². The van der Waals surface area contributed by atoms with E-state index in [4.69, 9.17) is 9.47 Å². The van der Waals surface area contributed by atoms with Crippen LogP contribution in [0.5, 0.6) is 0 Å².